The minimum atomic E-state index is -3.49. The van der Waals surface area contributed by atoms with Crippen molar-refractivity contribution in [2.45, 2.75) is 13.3 Å². The van der Waals surface area contributed by atoms with Crippen molar-refractivity contribution in [2.75, 3.05) is 17.6 Å². The smallest absolute Gasteiger partial charge is 0.338 e. The Bertz CT molecular complexity index is 865. The van der Waals surface area contributed by atoms with Gasteiger partial charge in [-0.15, -0.1) is 0 Å². The Morgan fingerprint density at radius 2 is 1.80 bits per heavy atom. The second-order valence-corrected chi connectivity index (χ2v) is 7.19. The van der Waals surface area contributed by atoms with E-state index < -0.39 is 22.4 Å². The van der Waals surface area contributed by atoms with Crippen molar-refractivity contribution in [3.63, 3.8) is 0 Å². The van der Waals surface area contributed by atoms with Crippen LogP contribution in [0, 0.1) is 0 Å². The highest BCUT2D eigenvalue weighted by atomic mass is 32.2. The molecule has 1 N–H and O–H groups in total. The van der Waals surface area contributed by atoms with Crippen molar-refractivity contribution in [1.29, 1.82) is 0 Å². The SMILES string of the molecule is CCS(=O)(=O)Nc1ccc(C(=O)OC)c(-c2ccc(C(F)F)cc2)c1. The number of benzene rings is 2. The summed E-state index contributed by atoms with van der Waals surface area (Å²) in [4.78, 5) is 12.0. The Morgan fingerprint density at radius 1 is 1.16 bits per heavy atom. The van der Waals surface area contributed by atoms with Gasteiger partial charge in [0.05, 0.1) is 18.4 Å². The molecule has 0 fully saturated rings. The fourth-order valence-electron chi connectivity index (χ4n) is 2.19. The quantitative estimate of drug-likeness (QED) is 0.786. The summed E-state index contributed by atoms with van der Waals surface area (Å²) in [5, 5.41) is 0. The predicted octanol–water partition coefficient (Wildman–Crippen LogP) is 3.84. The van der Waals surface area contributed by atoms with Gasteiger partial charge in [0.2, 0.25) is 10.0 Å². The number of alkyl halides is 2. The van der Waals surface area contributed by atoms with Crippen LogP contribution in [0.25, 0.3) is 11.1 Å². The van der Waals surface area contributed by atoms with Crippen LogP contribution in [0.4, 0.5) is 14.5 Å². The van der Waals surface area contributed by atoms with E-state index in [1.165, 1.54) is 56.5 Å². The van der Waals surface area contributed by atoms with E-state index in [0.29, 0.717) is 11.1 Å². The van der Waals surface area contributed by atoms with Gasteiger partial charge in [-0.3, -0.25) is 4.72 Å². The summed E-state index contributed by atoms with van der Waals surface area (Å²) < 4.78 is 56.0. The Balaban J connectivity index is 2.53. The lowest BCUT2D eigenvalue weighted by Crippen LogP contribution is -2.15. The molecule has 0 atom stereocenters. The molecule has 0 bridgehead atoms. The van der Waals surface area contributed by atoms with E-state index in [9.17, 15) is 22.0 Å². The summed E-state index contributed by atoms with van der Waals surface area (Å²) in [6.45, 7) is 1.50. The number of sulfonamides is 1. The summed E-state index contributed by atoms with van der Waals surface area (Å²) >= 11 is 0. The molecular weight excluding hydrogens is 352 g/mol. The Morgan fingerprint density at radius 3 is 2.32 bits per heavy atom. The van der Waals surface area contributed by atoms with Gasteiger partial charge in [-0.2, -0.15) is 0 Å². The number of methoxy groups -OCH3 is 1. The molecule has 0 aliphatic heterocycles. The first kappa shape index (κ1) is 18.9. The first-order valence-electron chi connectivity index (χ1n) is 7.38. The molecule has 0 heterocycles. The molecule has 25 heavy (non-hydrogen) atoms. The maximum absolute atomic E-state index is 12.7. The monoisotopic (exact) mass is 369 g/mol. The summed E-state index contributed by atoms with van der Waals surface area (Å²) in [7, 11) is -2.27. The van der Waals surface area contributed by atoms with Crippen LogP contribution in [0.3, 0.4) is 0 Å². The molecule has 5 nitrogen and oxygen atoms in total. The van der Waals surface area contributed by atoms with Gasteiger partial charge in [-0.25, -0.2) is 22.0 Å². The lowest BCUT2D eigenvalue weighted by Gasteiger charge is -2.13. The summed E-state index contributed by atoms with van der Waals surface area (Å²) in [6.07, 6.45) is -2.60. The molecule has 0 aliphatic rings. The van der Waals surface area contributed by atoms with Crippen LogP contribution >= 0.6 is 0 Å². The van der Waals surface area contributed by atoms with E-state index >= 15 is 0 Å². The number of ether oxygens (including phenoxy) is 1. The number of rotatable bonds is 6. The van der Waals surface area contributed by atoms with E-state index in [1.807, 2.05) is 0 Å². The minimum absolute atomic E-state index is 0.107. The van der Waals surface area contributed by atoms with Crippen LogP contribution in [-0.2, 0) is 14.8 Å². The molecule has 0 radical (unpaired) electrons. The number of esters is 1. The molecule has 2 aromatic rings. The zero-order valence-corrected chi connectivity index (χ0v) is 14.4. The number of hydrogen-bond donors (Lipinski definition) is 1. The van der Waals surface area contributed by atoms with Crippen LogP contribution in [0.2, 0.25) is 0 Å². The third-order valence-corrected chi connectivity index (χ3v) is 4.86. The van der Waals surface area contributed by atoms with Gasteiger partial charge in [-0.05, 0) is 36.2 Å². The molecule has 0 unspecified atom stereocenters. The number of nitrogens with one attached hydrogen (secondary N) is 1. The number of carbonyl (C=O) groups excluding carboxylic acids is 1. The van der Waals surface area contributed by atoms with E-state index in [1.54, 1.807) is 0 Å². The van der Waals surface area contributed by atoms with E-state index in [4.69, 9.17) is 4.74 Å². The van der Waals surface area contributed by atoms with Crippen molar-refractivity contribution in [2.24, 2.45) is 0 Å². The van der Waals surface area contributed by atoms with Crippen molar-refractivity contribution in [3.05, 3.63) is 53.6 Å². The van der Waals surface area contributed by atoms with Crippen LogP contribution in [0.5, 0.6) is 0 Å². The number of carbonyl (C=O) groups is 1. The van der Waals surface area contributed by atoms with Crippen LogP contribution in [0.15, 0.2) is 42.5 Å². The fraction of sp³-hybridized carbons (Fsp3) is 0.235. The van der Waals surface area contributed by atoms with E-state index in [-0.39, 0.29) is 22.6 Å². The maximum Gasteiger partial charge on any atom is 0.338 e. The predicted molar refractivity (Wildman–Crippen MR) is 91.3 cm³/mol. The van der Waals surface area contributed by atoms with Crippen molar-refractivity contribution >= 4 is 21.7 Å². The van der Waals surface area contributed by atoms with Crippen molar-refractivity contribution in [1.82, 2.24) is 0 Å². The zero-order chi connectivity index (χ0) is 18.6. The number of hydrogen-bond acceptors (Lipinski definition) is 4. The first-order valence-corrected chi connectivity index (χ1v) is 9.04. The largest absolute Gasteiger partial charge is 0.465 e. The Labute approximate surface area is 144 Å². The lowest BCUT2D eigenvalue weighted by molar-refractivity contribution is 0.0601. The highest BCUT2D eigenvalue weighted by molar-refractivity contribution is 7.92. The van der Waals surface area contributed by atoms with E-state index in [2.05, 4.69) is 4.72 Å². The molecule has 2 rings (SSSR count). The molecule has 0 aromatic heterocycles. The zero-order valence-electron chi connectivity index (χ0n) is 13.6. The Kier molecular flexibility index (Phi) is 5.73. The van der Waals surface area contributed by atoms with Gasteiger partial charge >= 0.3 is 5.97 Å². The molecule has 0 saturated carbocycles. The van der Waals surface area contributed by atoms with E-state index in [0.717, 1.165) is 0 Å². The molecule has 134 valence electrons. The average molecular weight is 369 g/mol. The summed E-state index contributed by atoms with van der Waals surface area (Å²) in [5.41, 5.74) is 1.19. The number of halogens is 2. The summed E-state index contributed by atoms with van der Waals surface area (Å²) in [5.74, 6) is -0.720. The van der Waals surface area contributed by atoms with Gasteiger partial charge in [0.15, 0.2) is 0 Å². The second kappa shape index (κ2) is 7.60. The molecule has 0 aliphatic carbocycles. The van der Waals surface area contributed by atoms with Gasteiger partial charge in [0.1, 0.15) is 0 Å². The molecule has 2 aromatic carbocycles. The average Bonchev–Trinajstić information content (AvgIpc) is 2.60. The van der Waals surface area contributed by atoms with Crippen LogP contribution < -0.4 is 4.72 Å². The highest BCUT2D eigenvalue weighted by Gasteiger charge is 2.16. The topological polar surface area (TPSA) is 72.5 Å². The molecular formula is C17H17F2NO4S. The van der Waals surface area contributed by atoms with Crippen LogP contribution in [0.1, 0.15) is 29.3 Å². The van der Waals surface area contributed by atoms with Gasteiger partial charge < -0.3 is 4.74 Å². The molecule has 0 spiro atoms. The third-order valence-electron chi connectivity index (χ3n) is 3.55. The second-order valence-electron chi connectivity index (χ2n) is 5.18. The van der Waals surface area contributed by atoms with Crippen LogP contribution in [-0.4, -0.2) is 27.2 Å². The molecule has 0 saturated heterocycles. The van der Waals surface area contributed by atoms with Gasteiger partial charge in [0, 0.05) is 11.3 Å². The minimum Gasteiger partial charge on any atom is -0.465 e. The normalized spacial score (nSPS) is 11.4. The van der Waals surface area contributed by atoms with Gasteiger partial charge in [-0.1, -0.05) is 24.3 Å². The lowest BCUT2D eigenvalue weighted by atomic mass is 9.98. The summed E-state index contributed by atoms with van der Waals surface area (Å²) in [6, 6.07) is 9.74. The standard InChI is InChI=1S/C17H17F2NO4S/c1-3-25(22,23)20-13-8-9-14(17(21)24-2)15(10-13)11-4-6-12(7-5-11)16(18)19/h4-10,16,20H,3H2,1-2H3. The molecule has 8 heteroatoms. The molecule has 0 amide bonds. The van der Waals surface area contributed by atoms with Crippen molar-refractivity contribution in [3.8, 4) is 11.1 Å². The van der Waals surface area contributed by atoms with Crippen molar-refractivity contribution < 1.29 is 26.7 Å². The Hall–Kier alpha value is -2.48. The third kappa shape index (κ3) is 4.54. The van der Waals surface area contributed by atoms with Gasteiger partial charge in [0.25, 0.3) is 6.43 Å². The maximum atomic E-state index is 12.7. The number of anilines is 1. The highest BCUT2D eigenvalue weighted by Crippen LogP contribution is 2.30. The fourth-order valence-corrected chi connectivity index (χ4v) is 2.82. The first-order chi connectivity index (χ1) is 11.8.